The second-order valence-corrected chi connectivity index (χ2v) is 5.31. The molecular weight excluding hydrogens is 272 g/mol. The molecule has 0 spiro atoms. The molecule has 1 N–H and O–H groups in total. The van der Waals surface area contributed by atoms with Gasteiger partial charge in [0.2, 0.25) is 0 Å². The van der Waals surface area contributed by atoms with Crippen LogP contribution in [0.5, 0.6) is 0 Å². The molecule has 20 heavy (non-hydrogen) atoms. The van der Waals surface area contributed by atoms with E-state index in [1.54, 1.807) is 12.1 Å². The molecule has 1 atom stereocenters. The first kappa shape index (κ1) is 14.5. The normalized spacial score (nSPS) is 12.0. The average molecular weight is 289 g/mol. The van der Waals surface area contributed by atoms with Crippen LogP contribution in [0.25, 0.3) is 0 Å². The zero-order valence-corrected chi connectivity index (χ0v) is 12.5. The Balaban J connectivity index is 2.15. The van der Waals surface area contributed by atoms with Gasteiger partial charge in [0, 0.05) is 6.20 Å². The molecule has 1 unspecified atom stereocenters. The van der Waals surface area contributed by atoms with E-state index in [1.165, 1.54) is 11.8 Å². The van der Waals surface area contributed by atoms with Gasteiger partial charge in [-0.1, -0.05) is 35.4 Å². The summed E-state index contributed by atoms with van der Waals surface area (Å²) in [7, 11) is 0. The highest BCUT2D eigenvalue weighted by atomic mass is 35.5. The van der Waals surface area contributed by atoms with E-state index < -0.39 is 0 Å². The van der Waals surface area contributed by atoms with E-state index in [1.807, 2.05) is 20.8 Å². The molecule has 4 heteroatoms. The molecular formula is C16H17ClN2O. The molecule has 1 aromatic carbocycles. The summed E-state index contributed by atoms with van der Waals surface area (Å²) in [5.74, 6) is -0.150. The van der Waals surface area contributed by atoms with Crippen LogP contribution in [0.1, 0.15) is 40.0 Å². The molecule has 0 radical (unpaired) electrons. The third-order valence-electron chi connectivity index (χ3n) is 3.24. The fourth-order valence-corrected chi connectivity index (χ4v) is 2.21. The van der Waals surface area contributed by atoms with E-state index in [9.17, 15) is 4.79 Å². The van der Waals surface area contributed by atoms with E-state index in [2.05, 4.69) is 28.5 Å². The number of aromatic nitrogens is 1. The lowest BCUT2D eigenvalue weighted by Gasteiger charge is -2.17. The molecule has 1 aromatic heterocycles. The SMILES string of the molecule is Cc1ccc(C)c(C(C)NC(=O)c2ccc(Cl)nc2)c1. The van der Waals surface area contributed by atoms with Crippen LogP contribution in [0.15, 0.2) is 36.5 Å². The Morgan fingerprint density at radius 1 is 1.25 bits per heavy atom. The quantitative estimate of drug-likeness (QED) is 0.872. The van der Waals surface area contributed by atoms with Gasteiger partial charge in [-0.15, -0.1) is 0 Å². The highest BCUT2D eigenvalue weighted by molar-refractivity contribution is 6.29. The Kier molecular flexibility index (Phi) is 4.40. The molecule has 0 saturated heterocycles. The molecule has 0 bridgehead atoms. The zero-order valence-electron chi connectivity index (χ0n) is 11.8. The van der Waals surface area contributed by atoms with Crippen molar-refractivity contribution in [2.24, 2.45) is 0 Å². The summed E-state index contributed by atoms with van der Waals surface area (Å²) >= 11 is 5.71. The van der Waals surface area contributed by atoms with Gasteiger partial charge in [0.15, 0.2) is 0 Å². The van der Waals surface area contributed by atoms with Crippen molar-refractivity contribution in [3.05, 3.63) is 63.9 Å². The van der Waals surface area contributed by atoms with Crippen LogP contribution in [0.4, 0.5) is 0 Å². The maximum atomic E-state index is 12.1. The summed E-state index contributed by atoms with van der Waals surface area (Å²) < 4.78 is 0. The van der Waals surface area contributed by atoms with Crippen LogP contribution >= 0.6 is 11.6 Å². The van der Waals surface area contributed by atoms with E-state index in [4.69, 9.17) is 11.6 Å². The van der Waals surface area contributed by atoms with Crippen molar-refractivity contribution >= 4 is 17.5 Å². The fraction of sp³-hybridized carbons (Fsp3) is 0.250. The lowest BCUT2D eigenvalue weighted by Crippen LogP contribution is -2.27. The fourth-order valence-electron chi connectivity index (χ4n) is 2.09. The summed E-state index contributed by atoms with van der Waals surface area (Å²) in [4.78, 5) is 16.1. The lowest BCUT2D eigenvalue weighted by molar-refractivity contribution is 0.0939. The number of hydrogen-bond donors (Lipinski definition) is 1. The summed E-state index contributed by atoms with van der Waals surface area (Å²) in [5.41, 5.74) is 3.98. The number of amides is 1. The first-order chi connectivity index (χ1) is 9.47. The Hall–Kier alpha value is -1.87. The van der Waals surface area contributed by atoms with Crippen LogP contribution < -0.4 is 5.32 Å². The topological polar surface area (TPSA) is 42.0 Å². The largest absolute Gasteiger partial charge is 0.345 e. The molecule has 0 aliphatic carbocycles. The van der Waals surface area contributed by atoms with Crippen molar-refractivity contribution < 1.29 is 4.79 Å². The van der Waals surface area contributed by atoms with Gasteiger partial charge >= 0.3 is 0 Å². The summed E-state index contributed by atoms with van der Waals surface area (Å²) in [5, 5.41) is 3.36. The number of pyridine rings is 1. The Bertz CT molecular complexity index is 623. The Morgan fingerprint density at radius 2 is 2.00 bits per heavy atom. The molecule has 3 nitrogen and oxygen atoms in total. The molecule has 1 amide bonds. The number of carbonyl (C=O) groups excluding carboxylic acids is 1. The second-order valence-electron chi connectivity index (χ2n) is 4.92. The molecule has 0 aliphatic heterocycles. The Labute approximate surface area is 124 Å². The summed E-state index contributed by atoms with van der Waals surface area (Å²) in [6, 6.07) is 9.45. The zero-order chi connectivity index (χ0) is 14.7. The van der Waals surface area contributed by atoms with Crippen molar-refractivity contribution in [2.75, 3.05) is 0 Å². The van der Waals surface area contributed by atoms with Gasteiger partial charge in [-0.3, -0.25) is 4.79 Å². The van der Waals surface area contributed by atoms with Crippen LogP contribution in [0.2, 0.25) is 5.15 Å². The average Bonchev–Trinajstić information content (AvgIpc) is 2.42. The number of hydrogen-bond acceptors (Lipinski definition) is 2. The number of nitrogens with one attached hydrogen (secondary N) is 1. The van der Waals surface area contributed by atoms with Crippen LogP contribution in [-0.4, -0.2) is 10.9 Å². The first-order valence-electron chi connectivity index (χ1n) is 6.47. The van der Waals surface area contributed by atoms with Crippen LogP contribution in [-0.2, 0) is 0 Å². The van der Waals surface area contributed by atoms with Gasteiger partial charge in [-0.25, -0.2) is 4.98 Å². The van der Waals surface area contributed by atoms with Crippen molar-refractivity contribution in [1.82, 2.24) is 10.3 Å². The van der Waals surface area contributed by atoms with Crippen LogP contribution in [0, 0.1) is 13.8 Å². The van der Waals surface area contributed by atoms with Crippen LogP contribution in [0.3, 0.4) is 0 Å². The predicted molar refractivity (Wildman–Crippen MR) is 81.0 cm³/mol. The molecule has 1 heterocycles. The van der Waals surface area contributed by atoms with E-state index in [0.29, 0.717) is 10.7 Å². The van der Waals surface area contributed by atoms with Crippen molar-refractivity contribution in [2.45, 2.75) is 26.8 Å². The van der Waals surface area contributed by atoms with Gasteiger partial charge in [0.25, 0.3) is 5.91 Å². The maximum absolute atomic E-state index is 12.1. The second kappa shape index (κ2) is 6.06. The van der Waals surface area contributed by atoms with E-state index in [-0.39, 0.29) is 11.9 Å². The maximum Gasteiger partial charge on any atom is 0.253 e. The highest BCUT2D eigenvalue weighted by Crippen LogP contribution is 2.19. The number of carbonyl (C=O) groups is 1. The number of benzene rings is 1. The first-order valence-corrected chi connectivity index (χ1v) is 6.84. The third kappa shape index (κ3) is 3.36. The molecule has 0 fully saturated rings. The van der Waals surface area contributed by atoms with E-state index in [0.717, 1.165) is 11.1 Å². The molecule has 2 aromatic rings. The summed E-state index contributed by atoms with van der Waals surface area (Å²) in [6.07, 6.45) is 1.48. The Morgan fingerprint density at radius 3 is 2.65 bits per heavy atom. The predicted octanol–water partition coefficient (Wildman–Crippen LogP) is 3.84. The van der Waals surface area contributed by atoms with Gasteiger partial charge in [-0.2, -0.15) is 0 Å². The minimum absolute atomic E-state index is 0.0573. The highest BCUT2D eigenvalue weighted by Gasteiger charge is 2.13. The number of nitrogens with zero attached hydrogens (tertiary/aromatic N) is 1. The molecule has 104 valence electrons. The van der Waals surface area contributed by atoms with Gasteiger partial charge in [0.1, 0.15) is 5.15 Å². The third-order valence-corrected chi connectivity index (χ3v) is 3.46. The van der Waals surface area contributed by atoms with E-state index >= 15 is 0 Å². The number of halogens is 1. The monoisotopic (exact) mass is 288 g/mol. The lowest BCUT2D eigenvalue weighted by atomic mass is 10.00. The number of rotatable bonds is 3. The van der Waals surface area contributed by atoms with Gasteiger partial charge in [-0.05, 0) is 44.0 Å². The minimum Gasteiger partial charge on any atom is -0.345 e. The van der Waals surface area contributed by atoms with Gasteiger partial charge < -0.3 is 5.32 Å². The standard InChI is InChI=1S/C16H17ClN2O/c1-10-4-5-11(2)14(8-10)12(3)19-16(20)13-6-7-15(17)18-9-13/h4-9,12H,1-3H3,(H,19,20). The molecule has 0 saturated carbocycles. The van der Waals surface area contributed by atoms with Crippen molar-refractivity contribution in [1.29, 1.82) is 0 Å². The van der Waals surface area contributed by atoms with Gasteiger partial charge in [0.05, 0.1) is 11.6 Å². The summed E-state index contributed by atoms with van der Waals surface area (Å²) in [6.45, 7) is 6.06. The minimum atomic E-state index is -0.150. The molecule has 0 aliphatic rings. The molecule has 2 rings (SSSR count). The van der Waals surface area contributed by atoms with Crippen molar-refractivity contribution in [3.63, 3.8) is 0 Å². The smallest absolute Gasteiger partial charge is 0.253 e. The number of aryl methyl sites for hydroxylation is 2. The van der Waals surface area contributed by atoms with Crippen molar-refractivity contribution in [3.8, 4) is 0 Å².